The number of hydrogen-bond acceptors (Lipinski definition) is 3. The lowest BCUT2D eigenvalue weighted by Crippen LogP contribution is -1.96. The number of benzene rings is 1. The van der Waals surface area contributed by atoms with Gasteiger partial charge in [-0.25, -0.2) is 4.21 Å². The van der Waals surface area contributed by atoms with Gasteiger partial charge in [-0.15, -0.1) is 0 Å². The number of hydrogen-bond donors (Lipinski definition) is 0. The van der Waals surface area contributed by atoms with E-state index in [1.54, 1.807) is 0 Å². The zero-order valence-corrected chi connectivity index (χ0v) is 9.96. The minimum Gasteiger partial charge on any atom is -0.750 e. The molecule has 0 spiro atoms. The van der Waals surface area contributed by atoms with Crippen LogP contribution in [0.25, 0.3) is 0 Å². The number of unbranched alkanes of at least 4 members (excludes halogenated alkanes) is 1. The lowest BCUT2D eigenvalue weighted by Gasteiger charge is -2.02. The first-order valence-electron chi connectivity index (χ1n) is 4.91. The zero-order valence-electron chi connectivity index (χ0n) is 9.14. The van der Waals surface area contributed by atoms with Crippen LogP contribution in [0.5, 0.6) is 0 Å². The minimum atomic E-state index is -2.32. The molecule has 0 saturated carbocycles. The van der Waals surface area contributed by atoms with Gasteiger partial charge in [-0.3, -0.25) is 0 Å². The Morgan fingerprint density at radius 3 is 2.27 bits per heavy atom. The van der Waals surface area contributed by atoms with Crippen molar-refractivity contribution in [1.29, 1.82) is 0 Å². The molecule has 0 saturated heterocycles. The van der Waals surface area contributed by atoms with E-state index in [1.807, 2.05) is 25.1 Å². The van der Waals surface area contributed by atoms with Gasteiger partial charge >= 0.3 is 0 Å². The maximum absolute atomic E-state index is 9.65. The molecule has 0 N–H and O–H groups in total. The topological polar surface area (TPSA) is 49.4 Å². The van der Waals surface area contributed by atoms with Gasteiger partial charge in [0.2, 0.25) is 0 Å². The van der Waals surface area contributed by atoms with Crippen molar-refractivity contribution in [3.63, 3.8) is 0 Å². The fraction of sp³-hybridized carbons (Fsp3) is 0.455. The first kappa shape index (κ1) is 14.3. The summed E-state index contributed by atoms with van der Waals surface area (Å²) in [6.45, 7) is 4.36. The maximum Gasteiger partial charge on any atom is 0.0842 e. The summed E-state index contributed by atoms with van der Waals surface area (Å²) in [6, 6.07) is 10.3. The van der Waals surface area contributed by atoms with Crippen LogP contribution in [0.15, 0.2) is 30.3 Å². The highest BCUT2D eigenvalue weighted by atomic mass is 32.2. The molecule has 0 aliphatic rings. The molecule has 1 aromatic rings. The Kier molecular flexibility index (Phi) is 9.36. The third kappa shape index (κ3) is 11.2. The van der Waals surface area contributed by atoms with E-state index in [9.17, 15) is 8.76 Å². The van der Waals surface area contributed by atoms with Crippen molar-refractivity contribution in [2.45, 2.75) is 26.7 Å². The van der Waals surface area contributed by atoms with Gasteiger partial charge in [-0.1, -0.05) is 49.2 Å². The molecule has 1 aromatic carbocycles. The molecule has 0 bridgehead atoms. The summed E-state index contributed by atoms with van der Waals surface area (Å²) in [7, 11) is 0. The predicted molar refractivity (Wildman–Crippen MR) is 61.0 cm³/mol. The molecule has 3 nitrogen and oxygen atoms in total. The van der Waals surface area contributed by atoms with E-state index >= 15 is 0 Å². The van der Waals surface area contributed by atoms with Crippen LogP contribution in [0.3, 0.4) is 0 Å². The summed E-state index contributed by atoms with van der Waals surface area (Å²) in [4.78, 5) is 0. The van der Waals surface area contributed by atoms with Crippen LogP contribution in [0.1, 0.15) is 25.3 Å². The predicted octanol–water partition coefficient (Wildman–Crippen LogP) is 2.59. The first-order chi connectivity index (χ1) is 7.16. The van der Waals surface area contributed by atoms with E-state index < -0.39 is 11.4 Å². The maximum atomic E-state index is 9.65. The normalized spacial score (nSPS) is 11.4. The van der Waals surface area contributed by atoms with Gasteiger partial charge in [0.1, 0.15) is 0 Å². The van der Waals surface area contributed by atoms with Crippen molar-refractivity contribution in [2.24, 2.45) is 0 Å². The van der Waals surface area contributed by atoms with Crippen LogP contribution in [-0.2, 0) is 15.5 Å². The summed E-state index contributed by atoms with van der Waals surface area (Å²) in [5.41, 5.74) is 1.32. The monoisotopic (exact) mass is 229 g/mol. The van der Waals surface area contributed by atoms with Crippen LogP contribution in [0, 0.1) is 6.92 Å². The molecule has 0 aliphatic heterocycles. The lowest BCUT2D eigenvalue weighted by molar-refractivity contribution is 0.294. The molecule has 0 amide bonds. The van der Waals surface area contributed by atoms with Crippen LogP contribution in [0.2, 0.25) is 0 Å². The molecular weight excluding hydrogens is 212 g/mol. The van der Waals surface area contributed by atoms with Gasteiger partial charge in [0, 0.05) is 0 Å². The molecule has 15 heavy (non-hydrogen) atoms. The van der Waals surface area contributed by atoms with Crippen molar-refractivity contribution in [1.82, 2.24) is 0 Å². The van der Waals surface area contributed by atoms with E-state index in [0.29, 0.717) is 6.61 Å². The Hall–Kier alpha value is -0.710. The van der Waals surface area contributed by atoms with Crippen molar-refractivity contribution >= 4 is 11.4 Å². The smallest absolute Gasteiger partial charge is 0.0842 e. The summed E-state index contributed by atoms with van der Waals surface area (Å²) < 4.78 is 23.5. The van der Waals surface area contributed by atoms with E-state index in [2.05, 4.69) is 23.2 Å². The Bertz CT molecular complexity index is 262. The van der Waals surface area contributed by atoms with Crippen molar-refractivity contribution < 1.29 is 12.9 Å². The largest absolute Gasteiger partial charge is 0.750 e. The standard InChI is InChI=1S/C7H8.C4H10O3S/c1-7-5-3-2-4-6-7;1-2-3-4-7-8(5)6/h2-6H,1H3;2-4H2,1H3,(H,5,6)/p-1. The second-order valence-electron chi connectivity index (χ2n) is 3.03. The average molecular weight is 229 g/mol. The van der Waals surface area contributed by atoms with E-state index in [1.165, 1.54) is 5.56 Å². The van der Waals surface area contributed by atoms with Crippen LogP contribution < -0.4 is 0 Å². The molecular formula is C11H17O3S-. The highest BCUT2D eigenvalue weighted by molar-refractivity contribution is 7.74. The molecule has 86 valence electrons. The fourth-order valence-electron chi connectivity index (χ4n) is 0.806. The Morgan fingerprint density at radius 1 is 1.33 bits per heavy atom. The number of aryl methyl sites for hydroxylation is 1. The summed E-state index contributed by atoms with van der Waals surface area (Å²) in [6.07, 6.45) is 1.76. The molecule has 4 heteroatoms. The van der Waals surface area contributed by atoms with Gasteiger partial charge in [-0.2, -0.15) is 0 Å². The molecule has 0 fully saturated rings. The highest BCUT2D eigenvalue weighted by Crippen LogP contribution is 1.92. The quantitative estimate of drug-likeness (QED) is 0.589. The Balaban J connectivity index is 0.000000262. The molecule has 0 aliphatic carbocycles. The number of rotatable bonds is 4. The average Bonchev–Trinajstić information content (AvgIpc) is 2.20. The molecule has 1 atom stereocenters. The van der Waals surface area contributed by atoms with Crippen molar-refractivity contribution in [2.75, 3.05) is 6.61 Å². The van der Waals surface area contributed by atoms with E-state index in [0.717, 1.165) is 12.8 Å². The molecule has 0 heterocycles. The van der Waals surface area contributed by atoms with Gasteiger partial charge in [0.15, 0.2) is 0 Å². The summed E-state index contributed by atoms with van der Waals surface area (Å²) in [5.74, 6) is 0. The van der Waals surface area contributed by atoms with E-state index in [4.69, 9.17) is 0 Å². The Labute approximate surface area is 94.0 Å². The van der Waals surface area contributed by atoms with E-state index in [-0.39, 0.29) is 0 Å². The summed E-state index contributed by atoms with van der Waals surface area (Å²) >= 11 is -2.32. The SMILES string of the molecule is CCCCOS(=O)[O-].Cc1ccccc1. The second kappa shape index (κ2) is 9.83. The lowest BCUT2D eigenvalue weighted by atomic mass is 10.2. The highest BCUT2D eigenvalue weighted by Gasteiger charge is 1.82. The van der Waals surface area contributed by atoms with Gasteiger partial charge in [-0.05, 0) is 13.3 Å². The third-order valence-corrected chi connectivity index (χ3v) is 1.98. The van der Waals surface area contributed by atoms with Crippen LogP contribution in [-0.4, -0.2) is 15.4 Å². The molecule has 1 rings (SSSR count). The van der Waals surface area contributed by atoms with Crippen molar-refractivity contribution in [3.05, 3.63) is 35.9 Å². The Morgan fingerprint density at radius 2 is 1.93 bits per heavy atom. The molecule has 0 radical (unpaired) electrons. The fourth-order valence-corrected chi connectivity index (χ4v) is 1.06. The molecule has 0 aromatic heterocycles. The first-order valence-corrected chi connectivity index (χ1v) is 5.91. The summed E-state index contributed by atoms with van der Waals surface area (Å²) in [5, 5.41) is 0. The van der Waals surface area contributed by atoms with Gasteiger partial charge in [0.25, 0.3) is 0 Å². The van der Waals surface area contributed by atoms with Crippen LogP contribution in [0.4, 0.5) is 0 Å². The third-order valence-electron chi connectivity index (χ3n) is 1.62. The minimum absolute atomic E-state index is 0.312. The second-order valence-corrected chi connectivity index (χ2v) is 3.68. The van der Waals surface area contributed by atoms with Crippen molar-refractivity contribution in [3.8, 4) is 0 Å². The van der Waals surface area contributed by atoms with Crippen LogP contribution >= 0.6 is 0 Å². The van der Waals surface area contributed by atoms with Gasteiger partial charge in [0.05, 0.1) is 18.0 Å². The van der Waals surface area contributed by atoms with Gasteiger partial charge < -0.3 is 8.74 Å². The molecule has 1 unspecified atom stereocenters. The zero-order chi connectivity index (χ0) is 11.5.